The molecule has 5 N–H and O–H groups in total. The van der Waals surface area contributed by atoms with Crippen molar-refractivity contribution in [2.75, 3.05) is 39.0 Å². The zero-order valence-corrected chi connectivity index (χ0v) is 29.9. The number of carbonyl (C=O) groups is 5. The third-order valence-corrected chi connectivity index (χ3v) is 8.25. The standard InChI is InChI=1S/C35H60N6O6/c1-9-10-11-12-15-30(43)39-31(25(2)3)29(42)23-27(14-13-20-37-33(36)45)32(44)38-28-18-16-26(17-19-28)24-47-34(46)40(7)21-22-41(8)35(4,5)6/h16-19,25,27,31H,9-15,20-24H2,1-8H3,(H,38,44)(H,39,43)(H3,36,37,45)/t27-,31+/m1/s1. The molecule has 0 aliphatic heterocycles. The topological polar surface area (TPSA) is 163 Å². The van der Waals surface area contributed by atoms with Crippen LogP contribution in [0.4, 0.5) is 15.3 Å². The predicted molar refractivity (Wildman–Crippen MR) is 186 cm³/mol. The van der Waals surface area contributed by atoms with E-state index < -0.39 is 24.1 Å². The summed E-state index contributed by atoms with van der Waals surface area (Å²) in [6.45, 7) is 13.8. The molecule has 0 heterocycles. The maximum absolute atomic E-state index is 13.4. The first-order chi connectivity index (χ1) is 22.0. The zero-order valence-electron chi connectivity index (χ0n) is 29.9. The van der Waals surface area contributed by atoms with Gasteiger partial charge in [-0.05, 0) is 70.7 Å². The molecule has 0 spiro atoms. The number of unbranched alkanes of at least 4 members (excludes halogenated alkanes) is 3. The van der Waals surface area contributed by atoms with Gasteiger partial charge in [-0.15, -0.1) is 0 Å². The maximum Gasteiger partial charge on any atom is 0.409 e. The summed E-state index contributed by atoms with van der Waals surface area (Å²) in [5.74, 6) is -1.55. The number of likely N-dealkylation sites (N-methyl/N-ethyl adjacent to an activating group) is 2. The highest BCUT2D eigenvalue weighted by molar-refractivity contribution is 5.97. The van der Waals surface area contributed by atoms with Gasteiger partial charge in [0.15, 0.2) is 5.78 Å². The SMILES string of the molecule is CCCCCCC(=O)N[C@H](C(=O)C[C@@H](CCCNC(N)=O)C(=O)Nc1ccc(COC(=O)N(C)CCN(C)C(C)(C)C)cc1)C(C)C. The van der Waals surface area contributed by atoms with Crippen LogP contribution in [0.3, 0.4) is 0 Å². The molecule has 0 aliphatic rings. The van der Waals surface area contributed by atoms with Crippen molar-refractivity contribution in [1.29, 1.82) is 0 Å². The fourth-order valence-corrected chi connectivity index (χ4v) is 4.74. The quantitative estimate of drug-likeness (QED) is 0.134. The second-order valence-electron chi connectivity index (χ2n) is 13.7. The number of nitrogens with one attached hydrogen (secondary N) is 3. The molecule has 5 amide bonds. The summed E-state index contributed by atoms with van der Waals surface area (Å²) in [4.78, 5) is 66.7. The number of ketones is 1. The van der Waals surface area contributed by atoms with E-state index in [0.717, 1.165) is 31.2 Å². The number of hydrogen-bond donors (Lipinski definition) is 4. The van der Waals surface area contributed by atoms with E-state index in [1.807, 2.05) is 20.9 Å². The van der Waals surface area contributed by atoms with Crippen LogP contribution >= 0.6 is 0 Å². The Hall–Kier alpha value is -3.67. The van der Waals surface area contributed by atoms with Crippen molar-refractivity contribution >= 4 is 35.4 Å². The van der Waals surface area contributed by atoms with Crippen LogP contribution in [0.15, 0.2) is 24.3 Å². The molecular weight excluding hydrogens is 600 g/mol. The van der Waals surface area contributed by atoms with E-state index in [4.69, 9.17) is 10.5 Å². The highest BCUT2D eigenvalue weighted by Crippen LogP contribution is 2.20. The van der Waals surface area contributed by atoms with Crippen LogP contribution in [-0.4, -0.2) is 84.8 Å². The molecule has 47 heavy (non-hydrogen) atoms. The summed E-state index contributed by atoms with van der Waals surface area (Å²) in [6, 6.07) is 5.59. The summed E-state index contributed by atoms with van der Waals surface area (Å²) in [5, 5.41) is 8.28. The van der Waals surface area contributed by atoms with Gasteiger partial charge in [-0.2, -0.15) is 0 Å². The highest BCUT2D eigenvalue weighted by atomic mass is 16.6. The summed E-state index contributed by atoms with van der Waals surface area (Å²) < 4.78 is 5.46. The Labute approximate surface area is 281 Å². The molecule has 0 radical (unpaired) electrons. The Morgan fingerprint density at radius 3 is 2.17 bits per heavy atom. The number of nitrogens with zero attached hydrogens (tertiary/aromatic N) is 2. The predicted octanol–water partition coefficient (Wildman–Crippen LogP) is 5.06. The van der Waals surface area contributed by atoms with Crippen LogP contribution in [0.25, 0.3) is 0 Å². The van der Waals surface area contributed by atoms with Gasteiger partial charge in [-0.25, -0.2) is 9.59 Å². The summed E-state index contributed by atoms with van der Waals surface area (Å²) in [7, 11) is 3.72. The van der Waals surface area contributed by atoms with Gasteiger partial charge < -0.3 is 31.3 Å². The van der Waals surface area contributed by atoms with Gasteiger partial charge in [-0.3, -0.25) is 19.3 Å². The lowest BCUT2D eigenvalue weighted by Crippen LogP contribution is -2.45. The van der Waals surface area contributed by atoms with Crippen molar-refractivity contribution in [3.63, 3.8) is 0 Å². The first-order valence-corrected chi connectivity index (χ1v) is 16.9. The minimum atomic E-state index is -0.701. The maximum atomic E-state index is 13.4. The van der Waals surface area contributed by atoms with Gasteiger partial charge in [0.05, 0.1) is 6.04 Å². The van der Waals surface area contributed by atoms with Crippen molar-refractivity contribution in [1.82, 2.24) is 20.4 Å². The third-order valence-electron chi connectivity index (χ3n) is 8.25. The molecule has 2 atom stereocenters. The van der Waals surface area contributed by atoms with E-state index in [0.29, 0.717) is 38.0 Å². The number of carbonyl (C=O) groups excluding carboxylic acids is 5. The second-order valence-corrected chi connectivity index (χ2v) is 13.7. The Morgan fingerprint density at radius 2 is 1.60 bits per heavy atom. The lowest BCUT2D eigenvalue weighted by atomic mass is 9.89. The van der Waals surface area contributed by atoms with E-state index in [-0.39, 0.29) is 48.6 Å². The number of benzene rings is 1. The molecule has 0 aliphatic carbocycles. The van der Waals surface area contributed by atoms with Gasteiger partial charge in [0.25, 0.3) is 0 Å². The molecule has 1 aromatic rings. The van der Waals surface area contributed by atoms with Gasteiger partial charge in [0.1, 0.15) is 6.61 Å². The van der Waals surface area contributed by atoms with Crippen LogP contribution in [0.1, 0.15) is 98.5 Å². The van der Waals surface area contributed by atoms with Crippen LogP contribution in [0, 0.1) is 11.8 Å². The average molecular weight is 661 g/mol. The van der Waals surface area contributed by atoms with E-state index in [1.54, 1.807) is 36.2 Å². The number of hydrogen-bond acceptors (Lipinski definition) is 7. The molecule has 12 heteroatoms. The van der Waals surface area contributed by atoms with Crippen molar-refractivity contribution in [3.05, 3.63) is 29.8 Å². The number of urea groups is 1. The number of amides is 5. The van der Waals surface area contributed by atoms with Gasteiger partial charge in [0, 0.05) is 56.7 Å². The van der Waals surface area contributed by atoms with E-state index in [9.17, 15) is 24.0 Å². The lowest BCUT2D eigenvalue weighted by Gasteiger charge is -2.33. The number of ether oxygens (including phenoxy) is 1. The van der Waals surface area contributed by atoms with Crippen LogP contribution in [0.5, 0.6) is 0 Å². The molecule has 0 saturated carbocycles. The third kappa shape index (κ3) is 17.2. The largest absolute Gasteiger partial charge is 0.445 e. The fraction of sp³-hybridized carbons (Fsp3) is 0.686. The Bertz CT molecular complexity index is 1130. The van der Waals surface area contributed by atoms with Gasteiger partial charge in [0.2, 0.25) is 11.8 Å². The van der Waals surface area contributed by atoms with Crippen LogP contribution < -0.4 is 21.7 Å². The number of primary amides is 1. The zero-order chi connectivity index (χ0) is 35.6. The summed E-state index contributed by atoms with van der Waals surface area (Å²) in [5.41, 5.74) is 6.46. The minimum absolute atomic E-state index is 0.000965. The monoisotopic (exact) mass is 660 g/mol. The molecule has 0 unspecified atom stereocenters. The molecule has 0 bridgehead atoms. The van der Waals surface area contributed by atoms with Crippen molar-refractivity contribution in [2.45, 2.75) is 111 Å². The normalized spacial score (nSPS) is 12.7. The first kappa shape index (κ1) is 41.4. The Kier molecular flexibility index (Phi) is 18.7. The smallest absolute Gasteiger partial charge is 0.409 e. The van der Waals surface area contributed by atoms with Crippen LogP contribution in [-0.2, 0) is 25.7 Å². The lowest BCUT2D eigenvalue weighted by molar-refractivity contribution is -0.131. The van der Waals surface area contributed by atoms with E-state index >= 15 is 0 Å². The molecule has 1 aromatic carbocycles. The first-order valence-electron chi connectivity index (χ1n) is 16.9. The van der Waals surface area contributed by atoms with E-state index in [1.165, 1.54) is 0 Å². The Balaban J connectivity index is 2.82. The van der Waals surface area contributed by atoms with Crippen molar-refractivity contribution < 1.29 is 28.7 Å². The number of rotatable bonds is 21. The second kappa shape index (κ2) is 21.3. The molecule has 0 saturated heterocycles. The van der Waals surface area contributed by atoms with Crippen LogP contribution in [0.2, 0.25) is 0 Å². The molecule has 1 rings (SSSR count). The molecule has 266 valence electrons. The fourth-order valence-electron chi connectivity index (χ4n) is 4.74. The molecule has 0 fully saturated rings. The molecule has 12 nitrogen and oxygen atoms in total. The minimum Gasteiger partial charge on any atom is -0.445 e. The Morgan fingerprint density at radius 1 is 0.936 bits per heavy atom. The van der Waals surface area contributed by atoms with Gasteiger partial charge >= 0.3 is 12.1 Å². The van der Waals surface area contributed by atoms with Crippen molar-refractivity contribution in [2.24, 2.45) is 17.6 Å². The van der Waals surface area contributed by atoms with E-state index in [2.05, 4.69) is 48.5 Å². The molecular formula is C35H60N6O6. The number of nitrogens with two attached hydrogens (primary N) is 1. The highest BCUT2D eigenvalue weighted by Gasteiger charge is 2.29. The summed E-state index contributed by atoms with van der Waals surface area (Å²) >= 11 is 0. The molecule has 0 aromatic heterocycles. The summed E-state index contributed by atoms with van der Waals surface area (Å²) in [6.07, 6.45) is 4.52. The number of Topliss-reactive ketones (excluding diaryl/α,β-unsaturated/α-hetero) is 1. The van der Waals surface area contributed by atoms with Gasteiger partial charge in [-0.1, -0.05) is 52.2 Å². The van der Waals surface area contributed by atoms with Crippen molar-refractivity contribution in [3.8, 4) is 0 Å². The number of anilines is 1. The average Bonchev–Trinajstić information content (AvgIpc) is 3.00.